The molecule has 2 rings (SSSR count). The number of halogens is 2. The van der Waals surface area contributed by atoms with Crippen LogP contribution in [0.15, 0.2) is 36.4 Å². The second-order valence-corrected chi connectivity index (χ2v) is 6.56. The SMILES string of the molecule is CC(C)(C)NC(=O)Oc1ccc(Oc2ccc(N)cc2Cl)cc1F. The van der Waals surface area contributed by atoms with E-state index in [1.54, 1.807) is 32.9 Å². The quantitative estimate of drug-likeness (QED) is 0.782. The van der Waals surface area contributed by atoms with Crippen LogP contribution in [0.5, 0.6) is 17.2 Å². The Labute approximate surface area is 144 Å². The van der Waals surface area contributed by atoms with Crippen LogP contribution in [0.3, 0.4) is 0 Å². The van der Waals surface area contributed by atoms with Crippen molar-refractivity contribution in [1.29, 1.82) is 0 Å². The van der Waals surface area contributed by atoms with E-state index in [0.29, 0.717) is 16.5 Å². The minimum atomic E-state index is -0.739. The fourth-order valence-corrected chi connectivity index (χ4v) is 2.01. The van der Waals surface area contributed by atoms with Crippen LogP contribution in [0, 0.1) is 5.82 Å². The Morgan fingerprint density at radius 2 is 1.83 bits per heavy atom. The summed E-state index contributed by atoms with van der Waals surface area (Å²) < 4.78 is 24.5. The van der Waals surface area contributed by atoms with Crippen LogP contribution in [0.1, 0.15) is 20.8 Å². The summed E-state index contributed by atoms with van der Waals surface area (Å²) in [6, 6.07) is 8.60. The predicted molar refractivity (Wildman–Crippen MR) is 91.3 cm³/mol. The average molecular weight is 353 g/mol. The van der Waals surface area contributed by atoms with Gasteiger partial charge in [0.05, 0.1) is 5.02 Å². The number of nitrogen functional groups attached to an aromatic ring is 1. The van der Waals surface area contributed by atoms with Crippen molar-refractivity contribution in [2.75, 3.05) is 5.73 Å². The van der Waals surface area contributed by atoms with E-state index in [1.807, 2.05) is 0 Å². The van der Waals surface area contributed by atoms with Crippen molar-refractivity contribution in [3.8, 4) is 17.2 Å². The maximum Gasteiger partial charge on any atom is 0.413 e. The van der Waals surface area contributed by atoms with Gasteiger partial charge in [-0.3, -0.25) is 0 Å². The molecule has 24 heavy (non-hydrogen) atoms. The number of ether oxygens (including phenoxy) is 2. The van der Waals surface area contributed by atoms with Gasteiger partial charge in [0.25, 0.3) is 0 Å². The van der Waals surface area contributed by atoms with E-state index in [-0.39, 0.29) is 11.5 Å². The molecule has 0 aliphatic carbocycles. The largest absolute Gasteiger partial charge is 0.456 e. The molecule has 7 heteroatoms. The van der Waals surface area contributed by atoms with Crippen LogP contribution >= 0.6 is 11.6 Å². The van der Waals surface area contributed by atoms with Gasteiger partial charge in [0.1, 0.15) is 11.5 Å². The molecule has 0 aliphatic rings. The summed E-state index contributed by atoms with van der Waals surface area (Å²) in [4.78, 5) is 11.7. The Hall–Kier alpha value is -2.47. The van der Waals surface area contributed by atoms with Gasteiger partial charge in [-0.2, -0.15) is 0 Å². The minimum absolute atomic E-state index is 0.201. The molecule has 0 unspecified atom stereocenters. The van der Waals surface area contributed by atoms with E-state index in [4.69, 9.17) is 26.8 Å². The highest BCUT2D eigenvalue weighted by atomic mass is 35.5. The molecule has 3 N–H and O–H groups in total. The molecule has 0 bridgehead atoms. The zero-order valence-corrected chi connectivity index (χ0v) is 14.3. The van der Waals surface area contributed by atoms with E-state index in [1.165, 1.54) is 18.2 Å². The number of nitrogens with two attached hydrogens (primary N) is 1. The molecule has 0 atom stereocenters. The first-order chi connectivity index (χ1) is 11.1. The molecule has 0 aliphatic heterocycles. The van der Waals surface area contributed by atoms with Crippen LogP contribution in [-0.2, 0) is 0 Å². The van der Waals surface area contributed by atoms with Gasteiger partial charge < -0.3 is 20.5 Å². The number of hydrogen-bond acceptors (Lipinski definition) is 4. The number of amides is 1. The summed E-state index contributed by atoms with van der Waals surface area (Å²) in [5.41, 5.74) is 5.61. The highest BCUT2D eigenvalue weighted by molar-refractivity contribution is 6.32. The van der Waals surface area contributed by atoms with Crippen molar-refractivity contribution in [2.45, 2.75) is 26.3 Å². The Balaban J connectivity index is 2.10. The molecule has 128 valence electrons. The summed E-state index contributed by atoms with van der Waals surface area (Å²) in [5, 5.41) is 2.88. The Kier molecular flexibility index (Phi) is 5.19. The van der Waals surface area contributed by atoms with Gasteiger partial charge in [-0.25, -0.2) is 9.18 Å². The number of carbonyl (C=O) groups is 1. The molecule has 5 nitrogen and oxygen atoms in total. The third-order valence-corrected chi connectivity index (χ3v) is 3.06. The van der Waals surface area contributed by atoms with E-state index in [9.17, 15) is 9.18 Å². The lowest BCUT2D eigenvalue weighted by atomic mass is 10.1. The number of anilines is 1. The van der Waals surface area contributed by atoms with Gasteiger partial charge in [0.15, 0.2) is 11.6 Å². The fourth-order valence-electron chi connectivity index (χ4n) is 1.79. The lowest BCUT2D eigenvalue weighted by molar-refractivity contribution is 0.188. The van der Waals surface area contributed by atoms with Crippen molar-refractivity contribution in [1.82, 2.24) is 5.32 Å². The predicted octanol–water partition coefficient (Wildman–Crippen LogP) is 4.74. The van der Waals surface area contributed by atoms with Gasteiger partial charge in [-0.1, -0.05) is 11.6 Å². The minimum Gasteiger partial charge on any atom is -0.456 e. The Morgan fingerprint density at radius 1 is 1.17 bits per heavy atom. The molecule has 0 fully saturated rings. The van der Waals surface area contributed by atoms with Crippen molar-refractivity contribution in [3.05, 3.63) is 47.2 Å². The van der Waals surface area contributed by atoms with E-state index in [0.717, 1.165) is 6.07 Å². The van der Waals surface area contributed by atoms with Crippen LogP contribution in [0.4, 0.5) is 14.9 Å². The number of nitrogens with one attached hydrogen (secondary N) is 1. The lowest BCUT2D eigenvalue weighted by Crippen LogP contribution is -2.42. The van der Waals surface area contributed by atoms with E-state index >= 15 is 0 Å². The highest BCUT2D eigenvalue weighted by Gasteiger charge is 2.17. The first-order valence-corrected chi connectivity index (χ1v) is 7.54. The zero-order chi connectivity index (χ0) is 17.9. The highest BCUT2D eigenvalue weighted by Crippen LogP contribution is 2.32. The molecule has 2 aromatic rings. The molecule has 0 aromatic heterocycles. The number of carbonyl (C=O) groups excluding carboxylic acids is 1. The summed E-state index contributed by atoms with van der Waals surface area (Å²) >= 11 is 6.00. The first kappa shape index (κ1) is 17.9. The second kappa shape index (κ2) is 6.97. The van der Waals surface area contributed by atoms with Crippen molar-refractivity contribution in [3.63, 3.8) is 0 Å². The van der Waals surface area contributed by atoms with E-state index < -0.39 is 17.4 Å². The smallest absolute Gasteiger partial charge is 0.413 e. The van der Waals surface area contributed by atoms with Gasteiger partial charge in [0.2, 0.25) is 0 Å². The van der Waals surface area contributed by atoms with Crippen molar-refractivity contribution >= 4 is 23.4 Å². The molecule has 1 amide bonds. The molecule has 0 radical (unpaired) electrons. The Morgan fingerprint density at radius 3 is 2.42 bits per heavy atom. The lowest BCUT2D eigenvalue weighted by Gasteiger charge is -2.20. The average Bonchev–Trinajstić information content (AvgIpc) is 2.43. The Bertz CT molecular complexity index is 760. The molecule has 2 aromatic carbocycles. The van der Waals surface area contributed by atoms with Crippen molar-refractivity contribution < 1.29 is 18.7 Å². The van der Waals surface area contributed by atoms with E-state index in [2.05, 4.69) is 5.32 Å². The zero-order valence-electron chi connectivity index (χ0n) is 13.5. The summed E-state index contributed by atoms with van der Waals surface area (Å²) in [7, 11) is 0. The van der Waals surface area contributed by atoms with Crippen molar-refractivity contribution in [2.24, 2.45) is 0 Å². The van der Waals surface area contributed by atoms with Gasteiger partial charge in [-0.15, -0.1) is 0 Å². The number of rotatable bonds is 3. The topological polar surface area (TPSA) is 73.6 Å². The number of benzene rings is 2. The molecular formula is C17H18ClFN2O3. The molecule has 0 spiro atoms. The van der Waals surface area contributed by atoms with Crippen LogP contribution < -0.4 is 20.5 Å². The van der Waals surface area contributed by atoms with Gasteiger partial charge in [0, 0.05) is 17.3 Å². The summed E-state index contributed by atoms with van der Waals surface area (Å²) in [6.07, 6.45) is -0.739. The maximum absolute atomic E-state index is 14.1. The third-order valence-electron chi connectivity index (χ3n) is 2.77. The molecule has 0 saturated carbocycles. The summed E-state index contributed by atoms with van der Waals surface area (Å²) in [5.74, 6) is -0.386. The molecule has 0 saturated heterocycles. The normalized spacial score (nSPS) is 11.0. The fraction of sp³-hybridized carbons (Fsp3) is 0.235. The maximum atomic E-state index is 14.1. The summed E-state index contributed by atoms with van der Waals surface area (Å²) in [6.45, 7) is 5.37. The van der Waals surface area contributed by atoms with Crippen LogP contribution in [0.2, 0.25) is 5.02 Å². The standard InChI is InChI=1S/C17H18ClFN2O3/c1-17(2,3)21-16(22)24-15-7-5-11(9-13(15)19)23-14-6-4-10(20)8-12(14)18/h4-9H,20H2,1-3H3,(H,21,22). The van der Waals surface area contributed by atoms with Gasteiger partial charge >= 0.3 is 6.09 Å². The molecular weight excluding hydrogens is 335 g/mol. The van der Waals surface area contributed by atoms with Crippen LogP contribution in [0.25, 0.3) is 0 Å². The number of hydrogen-bond donors (Lipinski definition) is 2. The van der Waals surface area contributed by atoms with Gasteiger partial charge in [-0.05, 0) is 51.1 Å². The molecule has 0 heterocycles. The third kappa shape index (κ3) is 5.03. The second-order valence-electron chi connectivity index (χ2n) is 6.15. The monoisotopic (exact) mass is 352 g/mol. The van der Waals surface area contributed by atoms with Crippen LogP contribution in [-0.4, -0.2) is 11.6 Å². The first-order valence-electron chi connectivity index (χ1n) is 7.16.